The monoisotopic (exact) mass is 380 g/mol. The molecule has 4 nitrogen and oxygen atoms in total. The van der Waals surface area contributed by atoms with E-state index in [1.807, 2.05) is 37.3 Å². The number of benzene rings is 1. The van der Waals surface area contributed by atoms with Crippen molar-refractivity contribution in [2.75, 3.05) is 5.32 Å². The van der Waals surface area contributed by atoms with E-state index in [2.05, 4.69) is 23.3 Å². The molecule has 0 saturated heterocycles. The van der Waals surface area contributed by atoms with Gasteiger partial charge in [-0.2, -0.15) is 0 Å². The molecule has 0 bridgehead atoms. The Morgan fingerprint density at radius 3 is 2.81 bits per heavy atom. The van der Waals surface area contributed by atoms with Gasteiger partial charge in [0.1, 0.15) is 10.6 Å². The topological polar surface area (TPSA) is 50.7 Å². The number of thiophene rings is 1. The maximum Gasteiger partial charge on any atom is 0.164 e. The van der Waals surface area contributed by atoms with Crippen LogP contribution in [0, 0.1) is 6.92 Å². The standard InChI is InChI=1S/C20H17ClN4S/c1-3-14-10-15-19(23-17-8-4-7-16(21)12(17)2)24-18(25-20(15)26-14)13-6-5-9-22-11-13/h4-11H,3H2,1-2H3,(H,23,24,25). The van der Waals surface area contributed by atoms with Crippen LogP contribution < -0.4 is 5.32 Å². The summed E-state index contributed by atoms with van der Waals surface area (Å²) in [5.41, 5.74) is 2.83. The molecule has 130 valence electrons. The molecular weight excluding hydrogens is 364 g/mol. The zero-order valence-corrected chi connectivity index (χ0v) is 16.0. The fourth-order valence-corrected chi connectivity index (χ4v) is 3.88. The lowest BCUT2D eigenvalue weighted by Crippen LogP contribution is -1.99. The normalized spacial score (nSPS) is 11.0. The highest BCUT2D eigenvalue weighted by molar-refractivity contribution is 7.18. The third kappa shape index (κ3) is 3.16. The summed E-state index contributed by atoms with van der Waals surface area (Å²) in [6.45, 7) is 4.14. The number of anilines is 2. The number of fused-ring (bicyclic) bond motifs is 1. The summed E-state index contributed by atoms with van der Waals surface area (Å²) in [5.74, 6) is 1.45. The van der Waals surface area contributed by atoms with E-state index in [0.29, 0.717) is 5.82 Å². The van der Waals surface area contributed by atoms with E-state index in [1.54, 1.807) is 23.7 Å². The summed E-state index contributed by atoms with van der Waals surface area (Å²) in [5, 5.41) is 5.21. The zero-order valence-electron chi connectivity index (χ0n) is 14.5. The first-order chi connectivity index (χ1) is 12.7. The molecule has 0 amide bonds. The van der Waals surface area contributed by atoms with Crippen molar-refractivity contribution in [1.82, 2.24) is 15.0 Å². The number of rotatable bonds is 4. The molecule has 1 N–H and O–H groups in total. The van der Waals surface area contributed by atoms with E-state index >= 15 is 0 Å². The Morgan fingerprint density at radius 1 is 1.15 bits per heavy atom. The highest BCUT2D eigenvalue weighted by Crippen LogP contribution is 2.34. The van der Waals surface area contributed by atoms with Gasteiger partial charge in [0.05, 0.1) is 5.39 Å². The van der Waals surface area contributed by atoms with Gasteiger partial charge in [0.15, 0.2) is 5.82 Å². The van der Waals surface area contributed by atoms with Crippen LogP contribution in [0.2, 0.25) is 5.02 Å². The van der Waals surface area contributed by atoms with E-state index in [4.69, 9.17) is 21.6 Å². The zero-order chi connectivity index (χ0) is 18.1. The van der Waals surface area contributed by atoms with Crippen molar-refractivity contribution in [1.29, 1.82) is 0 Å². The van der Waals surface area contributed by atoms with Crippen molar-refractivity contribution in [3.8, 4) is 11.4 Å². The molecule has 0 aliphatic heterocycles. The molecule has 0 radical (unpaired) electrons. The Labute approximate surface area is 160 Å². The minimum absolute atomic E-state index is 0.664. The molecule has 0 atom stereocenters. The van der Waals surface area contributed by atoms with Crippen molar-refractivity contribution >= 4 is 44.7 Å². The first-order valence-corrected chi connectivity index (χ1v) is 9.58. The number of nitrogens with zero attached hydrogens (tertiary/aromatic N) is 3. The van der Waals surface area contributed by atoms with Crippen LogP contribution in [0.4, 0.5) is 11.5 Å². The molecule has 0 unspecified atom stereocenters. The number of hydrogen-bond acceptors (Lipinski definition) is 5. The summed E-state index contributed by atoms with van der Waals surface area (Å²) >= 11 is 7.97. The van der Waals surface area contributed by atoms with Crippen LogP contribution in [0.5, 0.6) is 0 Å². The van der Waals surface area contributed by atoms with Gasteiger partial charge in [-0.05, 0) is 49.2 Å². The molecular formula is C20H17ClN4S. The van der Waals surface area contributed by atoms with Crippen LogP contribution in [0.1, 0.15) is 17.4 Å². The van der Waals surface area contributed by atoms with E-state index in [1.165, 1.54) is 4.88 Å². The molecule has 0 aliphatic rings. The molecule has 0 spiro atoms. The Hall–Kier alpha value is -2.50. The molecule has 3 heterocycles. The highest BCUT2D eigenvalue weighted by atomic mass is 35.5. The number of halogens is 1. The van der Waals surface area contributed by atoms with Gasteiger partial charge in [-0.3, -0.25) is 4.98 Å². The number of hydrogen-bond donors (Lipinski definition) is 1. The third-order valence-electron chi connectivity index (χ3n) is 4.23. The maximum absolute atomic E-state index is 6.27. The van der Waals surface area contributed by atoms with Gasteiger partial charge in [0.25, 0.3) is 0 Å². The third-order valence-corrected chi connectivity index (χ3v) is 5.82. The first kappa shape index (κ1) is 16.9. The first-order valence-electron chi connectivity index (χ1n) is 8.38. The van der Waals surface area contributed by atoms with Crippen LogP contribution in [0.25, 0.3) is 21.6 Å². The summed E-state index contributed by atoms with van der Waals surface area (Å²) in [7, 11) is 0. The van der Waals surface area contributed by atoms with Crippen LogP contribution in [-0.2, 0) is 6.42 Å². The van der Waals surface area contributed by atoms with Gasteiger partial charge in [-0.15, -0.1) is 11.3 Å². The molecule has 1 aromatic carbocycles. The average Bonchev–Trinajstić information content (AvgIpc) is 3.10. The number of aromatic nitrogens is 3. The number of nitrogens with one attached hydrogen (secondary N) is 1. The Balaban J connectivity index is 1.88. The minimum atomic E-state index is 0.664. The van der Waals surface area contributed by atoms with Gasteiger partial charge >= 0.3 is 0 Å². The molecule has 6 heteroatoms. The van der Waals surface area contributed by atoms with E-state index in [0.717, 1.165) is 44.3 Å². The summed E-state index contributed by atoms with van der Waals surface area (Å²) in [4.78, 5) is 16.0. The lowest BCUT2D eigenvalue weighted by atomic mass is 10.2. The molecule has 3 aromatic heterocycles. The quantitative estimate of drug-likeness (QED) is 0.470. The fraction of sp³-hybridized carbons (Fsp3) is 0.150. The Bertz CT molecular complexity index is 1080. The molecule has 0 fully saturated rings. The maximum atomic E-state index is 6.27. The van der Waals surface area contributed by atoms with Crippen molar-refractivity contribution < 1.29 is 0 Å². The van der Waals surface area contributed by atoms with Crippen molar-refractivity contribution in [3.05, 3.63) is 64.3 Å². The smallest absolute Gasteiger partial charge is 0.164 e. The van der Waals surface area contributed by atoms with Crippen LogP contribution in [-0.4, -0.2) is 15.0 Å². The molecule has 0 saturated carbocycles. The summed E-state index contributed by atoms with van der Waals surface area (Å²) in [6.07, 6.45) is 4.50. The van der Waals surface area contributed by atoms with E-state index < -0.39 is 0 Å². The SMILES string of the molecule is CCc1cc2c(Nc3cccc(Cl)c3C)nc(-c3cccnc3)nc2s1. The van der Waals surface area contributed by atoms with Gasteiger partial charge in [0.2, 0.25) is 0 Å². The van der Waals surface area contributed by atoms with Crippen LogP contribution in [0.15, 0.2) is 48.8 Å². The van der Waals surface area contributed by atoms with E-state index in [9.17, 15) is 0 Å². The average molecular weight is 381 g/mol. The molecule has 26 heavy (non-hydrogen) atoms. The van der Waals surface area contributed by atoms with E-state index in [-0.39, 0.29) is 0 Å². The predicted octanol–water partition coefficient (Wildman–Crippen LogP) is 6.02. The molecule has 4 aromatic rings. The predicted molar refractivity (Wildman–Crippen MR) is 109 cm³/mol. The second-order valence-electron chi connectivity index (χ2n) is 5.96. The largest absolute Gasteiger partial charge is 0.339 e. The van der Waals surface area contributed by atoms with Gasteiger partial charge in [-0.1, -0.05) is 24.6 Å². The van der Waals surface area contributed by atoms with Crippen molar-refractivity contribution in [2.45, 2.75) is 20.3 Å². The van der Waals surface area contributed by atoms with Crippen LogP contribution in [0.3, 0.4) is 0 Å². The minimum Gasteiger partial charge on any atom is -0.339 e. The Kier molecular flexibility index (Phi) is 4.57. The number of pyridine rings is 1. The van der Waals surface area contributed by atoms with Gasteiger partial charge in [0, 0.05) is 33.5 Å². The molecule has 4 rings (SSSR count). The second kappa shape index (κ2) is 7.02. The summed E-state index contributed by atoms with van der Waals surface area (Å²) in [6, 6.07) is 11.9. The van der Waals surface area contributed by atoms with Crippen molar-refractivity contribution in [2.24, 2.45) is 0 Å². The van der Waals surface area contributed by atoms with Gasteiger partial charge < -0.3 is 5.32 Å². The number of aryl methyl sites for hydroxylation is 1. The highest BCUT2D eigenvalue weighted by Gasteiger charge is 2.14. The Morgan fingerprint density at radius 2 is 2.04 bits per heavy atom. The lowest BCUT2D eigenvalue weighted by Gasteiger charge is -2.12. The summed E-state index contributed by atoms with van der Waals surface area (Å²) < 4.78 is 0. The fourth-order valence-electron chi connectivity index (χ4n) is 2.74. The van der Waals surface area contributed by atoms with Gasteiger partial charge in [-0.25, -0.2) is 9.97 Å². The lowest BCUT2D eigenvalue weighted by molar-refractivity contribution is 1.19. The van der Waals surface area contributed by atoms with Crippen LogP contribution >= 0.6 is 22.9 Å². The van der Waals surface area contributed by atoms with Crippen molar-refractivity contribution in [3.63, 3.8) is 0 Å². The second-order valence-corrected chi connectivity index (χ2v) is 7.48. The molecule has 0 aliphatic carbocycles.